The fourth-order valence-corrected chi connectivity index (χ4v) is 4.67. The average molecular weight is 505 g/mol. The molecule has 0 spiro atoms. The highest BCUT2D eigenvalue weighted by atomic mass is 19.1. The van der Waals surface area contributed by atoms with Crippen molar-refractivity contribution in [2.45, 2.75) is 50.7 Å². The summed E-state index contributed by atoms with van der Waals surface area (Å²) in [6, 6.07) is 22.3. The second-order valence-electron chi connectivity index (χ2n) is 9.29. The van der Waals surface area contributed by atoms with Crippen LogP contribution in [0.2, 0.25) is 0 Å². The topological polar surface area (TPSA) is 67.9 Å². The zero-order valence-electron chi connectivity index (χ0n) is 21.1. The van der Waals surface area contributed by atoms with E-state index in [0.717, 1.165) is 36.8 Å². The van der Waals surface area contributed by atoms with Gasteiger partial charge in [-0.1, -0.05) is 67.4 Å². The van der Waals surface area contributed by atoms with Gasteiger partial charge in [-0.2, -0.15) is 0 Å². The van der Waals surface area contributed by atoms with Gasteiger partial charge in [0.2, 0.25) is 5.91 Å². The molecule has 0 bridgehead atoms. The van der Waals surface area contributed by atoms with Gasteiger partial charge >= 0.3 is 0 Å². The second kappa shape index (κ2) is 12.9. The summed E-state index contributed by atoms with van der Waals surface area (Å²) in [5.41, 5.74) is 1.75. The largest absolute Gasteiger partial charge is 0.497 e. The van der Waals surface area contributed by atoms with Gasteiger partial charge in [0, 0.05) is 19.0 Å². The van der Waals surface area contributed by atoms with Crippen molar-refractivity contribution in [2.75, 3.05) is 13.7 Å². The first kappa shape index (κ1) is 26.2. The smallest absolute Gasteiger partial charge is 0.261 e. The molecular formula is C30H33FN2O4. The molecule has 0 heterocycles. The summed E-state index contributed by atoms with van der Waals surface area (Å²) in [5.74, 6) is -0.504. The quantitative estimate of drug-likeness (QED) is 0.403. The van der Waals surface area contributed by atoms with E-state index < -0.39 is 24.4 Å². The lowest BCUT2D eigenvalue weighted by Gasteiger charge is -2.32. The Hall–Kier alpha value is -3.87. The molecule has 1 atom stereocenters. The molecule has 194 valence electrons. The van der Waals surface area contributed by atoms with Crippen LogP contribution in [0.4, 0.5) is 4.39 Å². The van der Waals surface area contributed by atoms with Crippen LogP contribution < -0.4 is 14.8 Å². The zero-order valence-corrected chi connectivity index (χ0v) is 21.1. The van der Waals surface area contributed by atoms with Crippen LogP contribution in [0.5, 0.6) is 11.5 Å². The van der Waals surface area contributed by atoms with Crippen LogP contribution in [0, 0.1) is 5.82 Å². The van der Waals surface area contributed by atoms with Crippen LogP contribution in [0.15, 0.2) is 78.9 Å². The van der Waals surface area contributed by atoms with E-state index in [-0.39, 0.29) is 24.2 Å². The molecule has 3 aromatic rings. The number of rotatable bonds is 11. The number of methoxy groups -OCH3 is 1. The maximum absolute atomic E-state index is 14.1. The maximum Gasteiger partial charge on any atom is 0.261 e. The third-order valence-corrected chi connectivity index (χ3v) is 6.65. The maximum atomic E-state index is 14.1. The minimum Gasteiger partial charge on any atom is -0.497 e. The lowest BCUT2D eigenvalue weighted by molar-refractivity contribution is -0.143. The molecule has 1 N–H and O–H groups in total. The van der Waals surface area contributed by atoms with E-state index in [0.29, 0.717) is 12.2 Å². The fraction of sp³-hybridized carbons (Fsp3) is 0.333. The molecule has 0 radical (unpaired) electrons. The highest BCUT2D eigenvalue weighted by molar-refractivity contribution is 5.88. The summed E-state index contributed by atoms with van der Waals surface area (Å²) in [6.07, 6.45) is 4.37. The lowest BCUT2D eigenvalue weighted by Crippen LogP contribution is -2.53. The number of para-hydroxylation sites is 1. The molecule has 1 saturated carbocycles. The van der Waals surface area contributed by atoms with Gasteiger partial charge in [0.1, 0.15) is 11.8 Å². The van der Waals surface area contributed by atoms with Crippen molar-refractivity contribution in [2.24, 2.45) is 0 Å². The first-order valence-corrected chi connectivity index (χ1v) is 12.7. The van der Waals surface area contributed by atoms with E-state index in [1.165, 1.54) is 17.0 Å². The summed E-state index contributed by atoms with van der Waals surface area (Å²) in [4.78, 5) is 28.8. The van der Waals surface area contributed by atoms with Crippen LogP contribution >= 0.6 is 0 Å². The minimum atomic E-state index is -0.772. The van der Waals surface area contributed by atoms with Crippen molar-refractivity contribution in [3.8, 4) is 11.5 Å². The average Bonchev–Trinajstić information content (AvgIpc) is 3.43. The first-order chi connectivity index (χ1) is 18.0. The monoisotopic (exact) mass is 504 g/mol. The number of amides is 2. The highest BCUT2D eigenvalue weighted by Crippen LogP contribution is 2.22. The summed E-state index contributed by atoms with van der Waals surface area (Å²) < 4.78 is 25.1. The Morgan fingerprint density at radius 3 is 2.41 bits per heavy atom. The molecule has 6 nitrogen and oxygen atoms in total. The van der Waals surface area contributed by atoms with Crippen molar-refractivity contribution in [1.82, 2.24) is 10.2 Å². The predicted octanol–water partition coefficient (Wildman–Crippen LogP) is 4.91. The number of nitrogens with zero attached hydrogens (tertiary/aromatic N) is 1. The van der Waals surface area contributed by atoms with E-state index in [9.17, 15) is 14.0 Å². The van der Waals surface area contributed by atoms with Gasteiger partial charge in [0.25, 0.3) is 5.91 Å². The molecule has 37 heavy (non-hydrogen) atoms. The third-order valence-electron chi connectivity index (χ3n) is 6.65. The number of hydrogen-bond acceptors (Lipinski definition) is 4. The molecule has 0 saturated heterocycles. The molecule has 3 aromatic carbocycles. The second-order valence-corrected chi connectivity index (χ2v) is 9.29. The van der Waals surface area contributed by atoms with Gasteiger partial charge in [-0.3, -0.25) is 9.59 Å². The molecular weight excluding hydrogens is 471 g/mol. The van der Waals surface area contributed by atoms with Gasteiger partial charge in [0.15, 0.2) is 18.2 Å². The number of ether oxygens (including phenoxy) is 2. The van der Waals surface area contributed by atoms with Gasteiger partial charge in [0.05, 0.1) is 7.11 Å². The first-order valence-electron chi connectivity index (χ1n) is 12.7. The Morgan fingerprint density at radius 1 is 0.973 bits per heavy atom. The van der Waals surface area contributed by atoms with Crippen molar-refractivity contribution in [1.29, 1.82) is 0 Å². The Bertz CT molecular complexity index is 1180. The molecule has 4 rings (SSSR count). The summed E-state index contributed by atoms with van der Waals surface area (Å²) in [7, 11) is 1.58. The molecule has 1 fully saturated rings. The highest BCUT2D eigenvalue weighted by Gasteiger charge is 2.32. The number of hydrogen-bond donors (Lipinski definition) is 1. The summed E-state index contributed by atoms with van der Waals surface area (Å²) >= 11 is 0. The number of carbonyl (C=O) groups is 2. The Balaban J connectivity index is 1.63. The Labute approximate surface area is 217 Å². The molecule has 1 aliphatic rings. The van der Waals surface area contributed by atoms with E-state index in [1.807, 2.05) is 54.6 Å². The van der Waals surface area contributed by atoms with Crippen LogP contribution in [-0.2, 0) is 22.6 Å². The van der Waals surface area contributed by atoms with E-state index >= 15 is 0 Å². The van der Waals surface area contributed by atoms with Crippen LogP contribution in [0.1, 0.15) is 36.8 Å². The summed E-state index contributed by atoms with van der Waals surface area (Å²) in [5, 5.41) is 3.17. The minimum absolute atomic E-state index is 0.00723. The van der Waals surface area contributed by atoms with Crippen LogP contribution in [-0.4, -0.2) is 42.5 Å². The van der Waals surface area contributed by atoms with Crippen molar-refractivity contribution in [3.63, 3.8) is 0 Å². The van der Waals surface area contributed by atoms with Crippen molar-refractivity contribution < 1.29 is 23.5 Å². The molecule has 2 amide bonds. The van der Waals surface area contributed by atoms with Gasteiger partial charge < -0.3 is 19.7 Å². The molecule has 0 aliphatic heterocycles. The molecule has 0 aromatic heterocycles. The van der Waals surface area contributed by atoms with Crippen LogP contribution in [0.25, 0.3) is 0 Å². The van der Waals surface area contributed by atoms with Crippen LogP contribution in [0.3, 0.4) is 0 Å². The molecule has 7 heteroatoms. The molecule has 1 unspecified atom stereocenters. The Morgan fingerprint density at radius 2 is 1.68 bits per heavy atom. The fourth-order valence-electron chi connectivity index (χ4n) is 4.67. The van der Waals surface area contributed by atoms with Crippen molar-refractivity contribution in [3.05, 3.63) is 95.8 Å². The van der Waals surface area contributed by atoms with E-state index in [4.69, 9.17) is 9.47 Å². The number of nitrogens with one attached hydrogen (secondary N) is 1. The standard InChI is InChI=1S/C30H33FN2O4/c1-36-25-15-9-12-23(18-25)20-33(29(34)21-37-28-17-8-7-16-26(28)31)27(19-22-10-3-2-4-11-22)30(35)32-24-13-5-6-14-24/h2-4,7-12,15-18,24,27H,5-6,13-14,19-21H2,1H3,(H,32,35). The third kappa shape index (κ3) is 7.32. The SMILES string of the molecule is COc1cccc(CN(C(=O)COc2ccccc2F)C(Cc2ccccc2)C(=O)NC2CCCC2)c1. The lowest BCUT2D eigenvalue weighted by atomic mass is 10.0. The van der Waals surface area contributed by atoms with Gasteiger partial charge in [-0.05, 0) is 48.2 Å². The number of benzene rings is 3. The predicted molar refractivity (Wildman–Crippen MR) is 140 cm³/mol. The zero-order chi connectivity index (χ0) is 26.0. The molecule has 1 aliphatic carbocycles. The van der Waals surface area contributed by atoms with Crippen molar-refractivity contribution >= 4 is 11.8 Å². The Kier molecular flexibility index (Phi) is 9.13. The van der Waals surface area contributed by atoms with E-state index in [2.05, 4.69) is 5.32 Å². The van der Waals surface area contributed by atoms with E-state index in [1.54, 1.807) is 19.2 Å². The number of halogens is 1. The summed E-state index contributed by atoms with van der Waals surface area (Å²) in [6.45, 7) is -0.223. The normalized spacial score (nSPS) is 14.1. The van der Waals surface area contributed by atoms with Gasteiger partial charge in [-0.25, -0.2) is 4.39 Å². The van der Waals surface area contributed by atoms with Gasteiger partial charge in [-0.15, -0.1) is 0 Å². The number of carbonyl (C=O) groups excluding carboxylic acids is 2.